The highest BCUT2D eigenvalue weighted by atomic mass is 16.5. The van der Waals surface area contributed by atoms with Crippen molar-refractivity contribution < 1.29 is 14.3 Å². The number of ether oxygens (including phenoxy) is 1. The molecule has 2 heterocycles. The Balaban J connectivity index is 2.10. The highest BCUT2D eigenvalue weighted by Crippen LogP contribution is 2.15. The topological polar surface area (TPSA) is 83.0 Å². The normalized spacial score (nSPS) is 18.8. The van der Waals surface area contributed by atoms with Crippen molar-refractivity contribution in [3.05, 3.63) is 12.0 Å². The molecule has 0 spiro atoms. The third-order valence-corrected chi connectivity index (χ3v) is 2.19. The zero-order valence-corrected chi connectivity index (χ0v) is 9.69. The van der Waals surface area contributed by atoms with E-state index in [1.54, 1.807) is 11.1 Å². The number of nitrogens with zero attached hydrogens (tertiary/aromatic N) is 2. The number of aliphatic imine (C=N–C) groups is 1. The van der Waals surface area contributed by atoms with Gasteiger partial charge in [-0.25, -0.2) is 4.79 Å². The van der Waals surface area contributed by atoms with E-state index in [2.05, 4.69) is 15.6 Å². The monoisotopic (exact) mass is 238 g/mol. The summed E-state index contributed by atoms with van der Waals surface area (Å²) >= 11 is 0. The highest BCUT2D eigenvalue weighted by Gasteiger charge is 2.29. The van der Waals surface area contributed by atoms with E-state index in [9.17, 15) is 9.59 Å². The van der Waals surface area contributed by atoms with Crippen LogP contribution in [-0.4, -0.2) is 42.0 Å². The fourth-order valence-corrected chi connectivity index (χ4v) is 1.48. The van der Waals surface area contributed by atoms with Gasteiger partial charge in [0.05, 0.1) is 6.20 Å². The van der Waals surface area contributed by atoms with Crippen LogP contribution in [0.1, 0.15) is 13.8 Å². The molecular weight excluding hydrogens is 224 g/mol. The molecule has 0 aromatic heterocycles. The van der Waals surface area contributed by atoms with Crippen LogP contribution in [0.15, 0.2) is 17.0 Å². The first kappa shape index (κ1) is 11.4. The summed E-state index contributed by atoms with van der Waals surface area (Å²) in [6, 6.07) is -0.284. The molecule has 7 nitrogen and oxygen atoms in total. The molecule has 7 heteroatoms. The summed E-state index contributed by atoms with van der Waals surface area (Å²) in [5, 5.41) is 5.28. The summed E-state index contributed by atoms with van der Waals surface area (Å²) in [5.74, 6) is -0.150. The van der Waals surface area contributed by atoms with E-state index in [4.69, 9.17) is 4.74 Å². The Kier molecular flexibility index (Phi) is 2.99. The fraction of sp³-hybridized carbons (Fsp3) is 0.500. The Morgan fingerprint density at radius 3 is 3.12 bits per heavy atom. The number of nitrogens with one attached hydrogen (secondary N) is 2. The third-order valence-electron chi connectivity index (χ3n) is 2.19. The number of amidine groups is 1. The van der Waals surface area contributed by atoms with E-state index in [0.717, 1.165) is 0 Å². The van der Waals surface area contributed by atoms with Gasteiger partial charge in [0.15, 0.2) is 0 Å². The molecule has 2 rings (SSSR count). The van der Waals surface area contributed by atoms with Crippen molar-refractivity contribution in [2.75, 3.05) is 13.1 Å². The van der Waals surface area contributed by atoms with Gasteiger partial charge in [-0.2, -0.15) is 0 Å². The first-order valence-electron chi connectivity index (χ1n) is 5.40. The molecule has 2 N–H and O–H groups in total. The van der Waals surface area contributed by atoms with Crippen LogP contribution in [0.5, 0.6) is 0 Å². The summed E-state index contributed by atoms with van der Waals surface area (Å²) < 4.78 is 5.24. The highest BCUT2D eigenvalue weighted by molar-refractivity contribution is 6.00. The lowest BCUT2D eigenvalue weighted by Gasteiger charge is -2.09. The molecule has 92 valence electrons. The van der Waals surface area contributed by atoms with Gasteiger partial charge in [0, 0.05) is 19.1 Å². The van der Waals surface area contributed by atoms with Crippen molar-refractivity contribution in [1.82, 2.24) is 15.5 Å². The molecule has 3 amide bonds. The van der Waals surface area contributed by atoms with E-state index in [1.807, 2.05) is 13.8 Å². The van der Waals surface area contributed by atoms with Crippen LogP contribution in [0.2, 0.25) is 0 Å². The van der Waals surface area contributed by atoms with Crippen molar-refractivity contribution in [3.8, 4) is 0 Å². The molecule has 0 saturated heterocycles. The van der Waals surface area contributed by atoms with Crippen molar-refractivity contribution >= 4 is 18.0 Å². The maximum absolute atomic E-state index is 11.7. The summed E-state index contributed by atoms with van der Waals surface area (Å²) in [4.78, 5) is 28.2. The average molecular weight is 238 g/mol. The Hall–Kier alpha value is -2.05. The van der Waals surface area contributed by atoms with E-state index >= 15 is 0 Å². The summed E-state index contributed by atoms with van der Waals surface area (Å²) in [6.07, 6.45) is 1.55. The van der Waals surface area contributed by atoms with Gasteiger partial charge in [-0.1, -0.05) is 0 Å². The van der Waals surface area contributed by atoms with Crippen LogP contribution in [0.25, 0.3) is 0 Å². The minimum Gasteiger partial charge on any atom is -0.418 e. The predicted molar refractivity (Wildman–Crippen MR) is 60.0 cm³/mol. The zero-order chi connectivity index (χ0) is 12.4. The lowest BCUT2D eigenvalue weighted by Crippen LogP contribution is -2.31. The standard InChI is InChI=1S/C10H14N4O3/c1-6(2)12-8(15)7-5-14-4-3-11-9(16)13-10(14)17-7/h5-6H,3-4H2,1-2H3,(H,11,16)(H,12,15). The summed E-state index contributed by atoms with van der Waals surface area (Å²) in [6.45, 7) is 4.71. The minimum atomic E-state index is -0.457. The molecule has 0 atom stereocenters. The summed E-state index contributed by atoms with van der Waals surface area (Å²) in [7, 11) is 0. The van der Waals surface area contributed by atoms with Crippen molar-refractivity contribution in [2.45, 2.75) is 19.9 Å². The fourth-order valence-electron chi connectivity index (χ4n) is 1.48. The Morgan fingerprint density at radius 1 is 1.65 bits per heavy atom. The van der Waals surface area contributed by atoms with E-state index in [-0.39, 0.29) is 23.7 Å². The minimum absolute atomic E-state index is 0.0256. The lowest BCUT2D eigenvalue weighted by molar-refractivity contribution is -0.120. The smallest absolute Gasteiger partial charge is 0.345 e. The number of fused-ring (bicyclic) bond motifs is 1. The molecule has 17 heavy (non-hydrogen) atoms. The molecule has 0 radical (unpaired) electrons. The molecule has 0 fully saturated rings. The van der Waals surface area contributed by atoms with Crippen LogP contribution >= 0.6 is 0 Å². The van der Waals surface area contributed by atoms with E-state index < -0.39 is 6.03 Å². The Bertz CT molecular complexity index is 414. The lowest BCUT2D eigenvalue weighted by atomic mass is 10.3. The number of hydrogen-bond donors (Lipinski definition) is 2. The predicted octanol–water partition coefficient (Wildman–Crippen LogP) is -0.236. The first-order chi connectivity index (χ1) is 8.06. The van der Waals surface area contributed by atoms with Crippen LogP contribution in [0, 0.1) is 0 Å². The molecular formula is C10H14N4O3. The maximum Gasteiger partial charge on any atom is 0.345 e. The number of rotatable bonds is 2. The van der Waals surface area contributed by atoms with E-state index in [0.29, 0.717) is 13.1 Å². The molecule has 0 aromatic rings. The van der Waals surface area contributed by atoms with Crippen molar-refractivity contribution in [3.63, 3.8) is 0 Å². The second-order valence-electron chi connectivity index (χ2n) is 4.04. The van der Waals surface area contributed by atoms with Crippen LogP contribution in [-0.2, 0) is 9.53 Å². The number of urea groups is 1. The quantitative estimate of drug-likeness (QED) is 0.695. The van der Waals surface area contributed by atoms with Gasteiger partial charge in [-0.15, -0.1) is 4.99 Å². The second kappa shape index (κ2) is 4.44. The van der Waals surface area contributed by atoms with Crippen LogP contribution in [0.4, 0.5) is 4.79 Å². The van der Waals surface area contributed by atoms with Gasteiger partial charge >= 0.3 is 12.1 Å². The molecule has 2 aliphatic rings. The second-order valence-corrected chi connectivity index (χ2v) is 4.04. The van der Waals surface area contributed by atoms with Gasteiger partial charge in [0.25, 0.3) is 5.91 Å². The molecule has 0 unspecified atom stereocenters. The van der Waals surface area contributed by atoms with E-state index in [1.165, 1.54) is 0 Å². The molecule has 0 aromatic carbocycles. The molecule has 2 aliphatic heterocycles. The largest absolute Gasteiger partial charge is 0.418 e. The number of carbonyl (C=O) groups excluding carboxylic acids is 2. The average Bonchev–Trinajstić information content (AvgIpc) is 2.53. The number of carbonyl (C=O) groups is 2. The number of hydrogen-bond acceptors (Lipinski definition) is 4. The van der Waals surface area contributed by atoms with Crippen LogP contribution in [0.3, 0.4) is 0 Å². The van der Waals surface area contributed by atoms with Gasteiger partial charge in [0.1, 0.15) is 0 Å². The summed E-state index contributed by atoms with van der Waals surface area (Å²) in [5.41, 5.74) is 0. The third kappa shape index (κ3) is 2.55. The first-order valence-corrected chi connectivity index (χ1v) is 5.40. The van der Waals surface area contributed by atoms with Gasteiger partial charge in [-0.3, -0.25) is 9.69 Å². The Morgan fingerprint density at radius 2 is 2.41 bits per heavy atom. The maximum atomic E-state index is 11.7. The molecule has 0 aliphatic carbocycles. The zero-order valence-electron chi connectivity index (χ0n) is 9.69. The van der Waals surface area contributed by atoms with Crippen LogP contribution < -0.4 is 10.6 Å². The van der Waals surface area contributed by atoms with Crippen molar-refractivity contribution in [1.29, 1.82) is 0 Å². The molecule has 0 bridgehead atoms. The van der Waals surface area contributed by atoms with Crippen molar-refractivity contribution in [2.24, 2.45) is 4.99 Å². The Labute approximate surface area is 98.5 Å². The van der Waals surface area contributed by atoms with Gasteiger partial charge in [0.2, 0.25) is 5.76 Å². The van der Waals surface area contributed by atoms with Gasteiger partial charge < -0.3 is 15.4 Å². The number of amides is 3. The molecule has 0 saturated carbocycles. The SMILES string of the molecule is CC(C)NC(=O)C1=CN2CCNC(=O)N=C2O1. The van der Waals surface area contributed by atoms with Gasteiger partial charge in [-0.05, 0) is 13.8 Å².